The molecule has 0 aliphatic rings. The lowest BCUT2D eigenvalue weighted by molar-refractivity contribution is -0.143. The third-order valence-corrected chi connectivity index (χ3v) is 6.95. The van der Waals surface area contributed by atoms with Gasteiger partial charge in [0.1, 0.15) is 5.75 Å². The number of aryl methyl sites for hydroxylation is 1. The maximum atomic E-state index is 13.4. The number of allylic oxidation sites excluding steroid dienone is 1. The summed E-state index contributed by atoms with van der Waals surface area (Å²) >= 11 is 0. The van der Waals surface area contributed by atoms with E-state index in [1.807, 2.05) is 61.7 Å². The molecule has 1 heterocycles. The summed E-state index contributed by atoms with van der Waals surface area (Å²) in [5.74, 6) is 1.20. The van der Waals surface area contributed by atoms with Crippen LogP contribution in [-0.2, 0) is 22.5 Å². The fourth-order valence-electron chi connectivity index (χ4n) is 4.94. The zero-order chi connectivity index (χ0) is 29.0. The minimum atomic E-state index is -0.193. The summed E-state index contributed by atoms with van der Waals surface area (Å²) < 4.78 is 13.0. The Morgan fingerprint density at radius 1 is 0.927 bits per heavy atom. The van der Waals surface area contributed by atoms with Crippen molar-refractivity contribution in [2.75, 3.05) is 13.2 Å². The molecule has 41 heavy (non-hydrogen) atoms. The van der Waals surface area contributed by atoms with Gasteiger partial charge in [-0.25, -0.2) is 0 Å². The second kappa shape index (κ2) is 15.0. The van der Waals surface area contributed by atoms with Crippen LogP contribution in [0.25, 0.3) is 17.0 Å². The average Bonchev–Trinajstić information content (AvgIpc) is 3.34. The van der Waals surface area contributed by atoms with Gasteiger partial charge in [0.25, 0.3) is 0 Å². The summed E-state index contributed by atoms with van der Waals surface area (Å²) in [5.41, 5.74) is 4.86. The van der Waals surface area contributed by atoms with Gasteiger partial charge in [0.2, 0.25) is 0 Å². The van der Waals surface area contributed by atoms with Crippen molar-refractivity contribution in [2.45, 2.75) is 59.4 Å². The normalized spacial score (nSPS) is 11.4. The Labute approximate surface area is 243 Å². The van der Waals surface area contributed by atoms with E-state index in [9.17, 15) is 9.59 Å². The average molecular weight is 552 g/mol. The first kappa shape index (κ1) is 29.9. The zero-order valence-corrected chi connectivity index (χ0v) is 24.5. The molecule has 0 aliphatic heterocycles. The molecule has 0 spiro atoms. The first-order chi connectivity index (χ1) is 19.9. The predicted octanol–water partition coefficient (Wildman–Crippen LogP) is 8.29. The van der Waals surface area contributed by atoms with Gasteiger partial charge in [-0.05, 0) is 80.0 Å². The van der Waals surface area contributed by atoms with E-state index in [2.05, 4.69) is 54.8 Å². The molecule has 0 saturated heterocycles. The van der Waals surface area contributed by atoms with E-state index in [-0.39, 0.29) is 11.8 Å². The highest BCUT2D eigenvalue weighted by Crippen LogP contribution is 2.25. The molecule has 0 bridgehead atoms. The first-order valence-electron chi connectivity index (χ1n) is 14.7. The van der Waals surface area contributed by atoms with Crippen LogP contribution in [0, 0.1) is 5.92 Å². The van der Waals surface area contributed by atoms with Crippen molar-refractivity contribution in [2.24, 2.45) is 5.92 Å². The standard InChI is InChI=1S/C36H41NO4/c1-4-40-35(38)14-10-23-37-26-33(32-12-7-8-13-34(32)37)36(39)30-19-21-31(22-20-30)41-24-9-5-6-11-28-15-17-29(18-16-28)25-27(2)3/h6-8,11-13,15-22,26-27H,4-5,9-10,14,23-25H2,1-3H3. The van der Waals surface area contributed by atoms with E-state index in [1.54, 1.807) is 0 Å². The highest BCUT2D eigenvalue weighted by atomic mass is 16.5. The number of hydrogen-bond acceptors (Lipinski definition) is 4. The summed E-state index contributed by atoms with van der Waals surface area (Å²) in [7, 11) is 0. The van der Waals surface area contributed by atoms with Crippen LogP contribution in [0.3, 0.4) is 0 Å². The van der Waals surface area contributed by atoms with Crippen molar-refractivity contribution < 1.29 is 19.1 Å². The van der Waals surface area contributed by atoms with Gasteiger partial charge in [-0.3, -0.25) is 9.59 Å². The Bertz CT molecular complexity index is 1450. The molecule has 0 radical (unpaired) electrons. The van der Waals surface area contributed by atoms with Gasteiger partial charge in [0, 0.05) is 41.2 Å². The van der Waals surface area contributed by atoms with Crippen molar-refractivity contribution in [3.8, 4) is 5.75 Å². The van der Waals surface area contributed by atoms with Crippen LogP contribution < -0.4 is 4.74 Å². The largest absolute Gasteiger partial charge is 0.494 e. The predicted molar refractivity (Wildman–Crippen MR) is 166 cm³/mol. The van der Waals surface area contributed by atoms with Crippen LogP contribution >= 0.6 is 0 Å². The number of rotatable bonds is 15. The van der Waals surface area contributed by atoms with Crippen LogP contribution in [0.1, 0.15) is 73.5 Å². The number of carbonyl (C=O) groups excluding carboxylic acids is 2. The number of hydrogen-bond donors (Lipinski definition) is 0. The van der Waals surface area contributed by atoms with E-state index in [1.165, 1.54) is 11.1 Å². The molecule has 0 fully saturated rings. The molecule has 0 amide bonds. The van der Waals surface area contributed by atoms with Crippen molar-refractivity contribution in [1.82, 2.24) is 4.57 Å². The fourth-order valence-corrected chi connectivity index (χ4v) is 4.94. The number of fused-ring (bicyclic) bond motifs is 1. The molecule has 214 valence electrons. The Morgan fingerprint density at radius 2 is 1.68 bits per heavy atom. The molecule has 5 nitrogen and oxygen atoms in total. The lowest BCUT2D eigenvalue weighted by Gasteiger charge is -2.06. The van der Waals surface area contributed by atoms with E-state index < -0.39 is 0 Å². The van der Waals surface area contributed by atoms with Gasteiger partial charge in [0.15, 0.2) is 5.78 Å². The Morgan fingerprint density at radius 3 is 2.41 bits per heavy atom. The quantitative estimate of drug-likeness (QED) is 0.0847. The number of para-hydroxylation sites is 1. The minimum absolute atomic E-state index is 0.0285. The monoisotopic (exact) mass is 551 g/mol. The van der Waals surface area contributed by atoms with Crippen molar-refractivity contribution in [3.05, 3.63) is 107 Å². The molecule has 0 atom stereocenters. The Hall–Kier alpha value is -4.12. The molecular formula is C36H41NO4. The van der Waals surface area contributed by atoms with Gasteiger partial charge in [-0.1, -0.05) is 68.5 Å². The van der Waals surface area contributed by atoms with Crippen LogP contribution in [0.15, 0.2) is 85.1 Å². The molecule has 3 aromatic carbocycles. The maximum Gasteiger partial charge on any atom is 0.305 e. The molecule has 1 aromatic heterocycles. The summed E-state index contributed by atoms with van der Waals surface area (Å²) in [5, 5.41) is 0.911. The molecule has 4 aromatic rings. The number of esters is 1. The van der Waals surface area contributed by atoms with E-state index in [4.69, 9.17) is 9.47 Å². The minimum Gasteiger partial charge on any atom is -0.494 e. The van der Waals surface area contributed by atoms with Gasteiger partial charge in [-0.2, -0.15) is 0 Å². The molecule has 0 unspecified atom stereocenters. The van der Waals surface area contributed by atoms with Crippen LogP contribution in [-0.4, -0.2) is 29.5 Å². The number of benzene rings is 3. The maximum absolute atomic E-state index is 13.4. The van der Waals surface area contributed by atoms with Gasteiger partial charge >= 0.3 is 5.97 Å². The summed E-state index contributed by atoms with van der Waals surface area (Å²) in [6.07, 6.45) is 10.2. The van der Waals surface area contributed by atoms with Crippen LogP contribution in [0.4, 0.5) is 0 Å². The second-order valence-electron chi connectivity index (χ2n) is 10.7. The first-order valence-corrected chi connectivity index (χ1v) is 14.7. The van der Waals surface area contributed by atoms with E-state index in [0.717, 1.165) is 35.9 Å². The molecule has 4 rings (SSSR count). The topological polar surface area (TPSA) is 57.5 Å². The molecule has 5 heteroatoms. The summed E-state index contributed by atoms with van der Waals surface area (Å²) in [4.78, 5) is 25.2. The van der Waals surface area contributed by atoms with Crippen LogP contribution in [0.5, 0.6) is 5.75 Å². The molecule has 0 aliphatic carbocycles. The summed E-state index contributed by atoms with van der Waals surface area (Å²) in [6, 6.07) is 24.0. The molecule has 0 saturated carbocycles. The van der Waals surface area contributed by atoms with Gasteiger partial charge in [0.05, 0.1) is 13.2 Å². The zero-order valence-electron chi connectivity index (χ0n) is 24.5. The lowest BCUT2D eigenvalue weighted by Crippen LogP contribution is -2.06. The van der Waals surface area contributed by atoms with Gasteiger partial charge in [-0.15, -0.1) is 0 Å². The van der Waals surface area contributed by atoms with Crippen LogP contribution in [0.2, 0.25) is 0 Å². The molecule has 0 N–H and O–H groups in total. The highest BCUT2D eigenvalue weighted by Gasteiger charge is 2.17. The fraction of sp³-hybridized carbons (Fsp3) is 0.333. The number of nitrogens with zero attached hydrogens (tertiary/aromatic N) is 1. The second-order valence-corrected chi connectivity index (χ2v) is 10.7. The third-order valence-electron chi connectivity index (χ3n) is 6.95. The molecular weight excluding hydrogens is 510 g/mol. The van der Waals surface area contributed by atoms with E-state index >= 15 is 0 Å². The number of unbranched alkanes of at least 4 members (excludes halogenated alkanes) is 1. The van der Waals surface area contributed by atoms with Crippen molar-refractivity contribution in [1.29, 1.82) is 0 Å². The van der Waals surface area contributed by atoms with Crippen molar-refractivity contribution >= 4 is 28.7 Å². The SMILES string of the molecule is CCOC(=O)CCCn1cc(C(=O)c2ccc(OCCCC=Cc3ccc(CC(C)C)cc3)cc2)c2ccccc21. The number of aromatic nitrogens is 1. The van der Waals surface area contributed by atoms with Gasteiger partial charge < -0.3 is 14.0 Å². The lowest BCUT2D eigenvalue weighted by atomic mass is 10.0. The summed E-state index contributed by atoms with van der Waals surface area (Å²) in [6.45, 7) is 7.93. The Balaban J connectivity index is 1.28. The van der Waals surface area contributed by atoms with Crippen molar-refractivity contribution in [3.63, 3.8) is 0 Å². The Kier molecular flexibility index (Phi) is 10.9. The highest BCUT2D eigenvalue weighted by molar-refractivity contribution is 6.16. The smallest absolute Gasteiger partial charge is 0.305 e. The van der Waals surface area contributed by atoms with E-state index in [0.29, 0.717) is 49.6 Å². The number of ketones is 1. The number of carbonyl (C=O) groups is 2. The number of ether oxygens (including phenoxy) is 2. The third kappa shape index (κ3) is 8.68.